The van der Waals surface area contributed by atoms with E-state index in [1.807, 2.05) is 18.2 Å². The van der Waals surface area contributed by atoms with Gasteiger partial charge in [-0.1, -0.05) is 12.1 Å². The summed E-state index contributed by atoms with van der Waals surface area (Å²) in [6, 6.07) is 11.5. The number of nitrogens with zero attached hydrogens (tertiary/aromatic N) is 1. The fourth-order valence-electron chi connectivity index (χ4n) is 2.66. The number of aromatic nitrogens is 1. The Morgan fingerprint density at radius 3 is 2.85 bits per heavy atom. The Balaban J connectivity index is 1.62. The third-order valence-electron chi connectivity index (χ3n) is 4.07. The van der Waals surface area contributed by atoms with Gasteiger partial charge < -0.3 is 10.1 Å². The van der Waals surface area contributed by atoms with Gasteiger partial charge in [-0.05, 0) is 36.8 Å². The van der Waals surface area contributed by atoms with Gasteiger partial charge in [0.15, 0.2) is 0 Å². The standard InChI is InChI=1S/C18H21N3O4S/c22-18(21-16-8-11-25-13-16)14-4-3-6-17(12-14)26(23,24)20-10-7-15-5-1-2-9-19-15/h1-6,9,12,16,20H,7-8,10-11,13H2,(H,21,22). The second kappa shape index (κ2) is 8.39. The number of nitrogens with one attached hydrogen (secondary N) is 2. The van der Waals surface area contributed by atoms with E-state index in [0.717, 1.165) is 12.1 Å². The molecule has 0 saturated carbocycles. The first kappa shape index (κ1) is 18.5. The van der Waals surface area contributed by atoms with E-state index in [1.165, 1.54) is 12.1 Å². The summed E-state index contributed by atoms with van der Waals surface area (Å²) in [5.41, 5.74) is 1.12. The highest BCUT2D eigenvalue weighted by Gasteiger charge is 2.20. The molecule has 2 heterocycles. The summed E-state index contributed by atoms with van der Waals surface area (Å²) < 4.78 is 32.7. The van der Waals surface area contributed by atoms with Gasteiger partial charge in [-0.3, -0.25) is 9.78 Å². The molecule has 2 N–H and O–H groups in total. The molecule has 8 heteroatoms. The van der Waals surface area contributed by atoms with Crippen molar-refractivity contribution < 1.29 is 17.9 Å². The van der Waals surface area contributed by atoms with Crippen molar-refractivity contribution in [3.63, 3.8) is 0 Å². The number of pyridine rings is 1. The Labute approximate surface area is 152 Å². The van der Waals surface area contributed by atoms with E-state index in [9.17, 15) is 13.2 Å². The molecular weight excluding hydrogens is 354 g/mol. The lowest BCUT2D eigenvalue weighted by Gasteiger charge is -2.12. The normalized spacial score (nSPS) is 17.2. The van der Waals surface area contributed by atoms with Crippen LogP contribution in [0.1, 0.15) is 22.5 Å². The molecule has 0 spiro atoms. The molecule has 1 unspecified atom stereocenters. The second-order valence-electron chi connectivity index (χ2n) is 6.03. The summed E-state index contributed by atoms with van der Waals surface area (Å²) in [5, 5.41) is 2.85. The number of hydrogen-bond acceptors (Lipinski definition) is 5. The third kappa shape index (κ3) is 4.87. The second-order valence-corrected chi connectivity index (χ2v) is 7.80. The highest BCUT2D eigenvalue weighted by atomic mass is 32.2. The van der Waals surface area contributed by atoms with Gasteiger partial charge in [-0.2, -0.15) is 0 Å². The molecule has 3 rings (SSSR count). The summed E-state index contributed by atoms with van der Waals surface area (Å²) in [6.45, 7) is 1.34. The van der Waals surface area contributed by atoms with E-state index in [1.54, 1.807) is 18.3 Å². The molecule has 7 nitrogen and oxygen atoms in total. The van der Waals surface area contributed by atoms with Crippen molar-refractivity contribution in [2.45, 2.75) is 23.8 Å². The quantitative estimate of drug-likeness (QED) is 0.756. The van der Waals surface area contributed by atoms with Crippen molar-refractivity contribution in [1.82, 2.24) is 15.0 Å². The van der Waals surface area contributed by atoms with E-state index in [-0.39, 0.29) is 23.4 Å². The zero-order chi connectivity index (χ0) is 18.4. The molecule has 1 saturated heterocycles. The molecule has 1 aliphatic rings. The topological polar surface area (TPSA) is 97.4 Å². The Hall–Kier alpha value is -2.29. The average Bonchev–Trinajstić information content (AvgIpc) is 3.15. The van der Waals surface area contributed by atoms with Crippen molar-refractivity contribution in [2.75, 3.05) is 19.8 Å². The number of amides is 1. The molecular formula is C18H21N3O4S. The lowest BCUT2D eigenvalue weighted by molar-refractivity contribution is 0.0929. The van der Waals surface area contributed by atoms with Crippen molar-refractivity contribution in [3.8, 4) is 0 Å². The predicted molar refractivity (Wildman–Crippen MR) is 96.3 cm³/mol. The molecule has 1 fully saturated rings. The highest BCUT2D eigenvalue weighted by molar-refractivity contribution is 7.89. The van der Waals surface area contributed by atoms with Crippen molar-refractivity contribution in [3.05, 3.63) is 59.9 Å². The largest absolute Gasteiger partial charge is 0.379 e. The summed E-state index contributed by atoms with van der Waals surface area (Å²) >= 11 is 0. The van der Waals surface area contributed by atoms with Crippen LogP contribution in [-0.4, -0.2) is 45.1 Å². The number of rotatable bonds is 7. The zero-order valence-electron chi connectivity index (χ0n) is 14.2. The van der Waals surface area contributed by atoms with Crippen LogP contribution in [0, 0.1) is 0 Å². The maximum Gasteiger partial charge on any atom is 0.251 e. The van der Waals surface area contributed by atoms with E-state index in [0.29, 0.717) is 25.2 Å². The molecule has 0 aliphatic carbocycles. The van der Waals surface area contributed by atoms with Gasteiger partial charge in [0, 0.05) is 37.0 Å². The van der Waals surface area contributed by atoms with Crippen LogP contribution in [0.25, 0.3) is 0 Å². The Kier molecular flexibility index (Phi) is 5.97. The minimum absolute atomic E-state index is 0.0285. The Bertz CT molecular complexity index is 850. The van der Waals surface area contributed by atoms with Crippen LogP contribution in [-0.2, 0) is 21.2 Å². The van der Waals surface area contributed by atoms with Crippen LogP contribution in [0.3, 0.4) is 0 Å². The first-order chi connectivity index (χ1) is 12.5. The molecule has 26 heavy (non-hydrogen) atoms. The molecule has 1 amide bonds. The molecule has 2 aromatic rings. The summed E-state index contributed by atoms with van der Waals surface area (Å²) in [7, 11) is -3.70. The van der Waals surface area contributed by atoms with Crippen LogP contribution >= 0.6 is 0 Å². The number of carbonyl (C=O) groups excluding carboxylic acids is 1. The summed E-state index contributed by atoms with van der Waals surface area (Å²) in [4.78, 5) is 16.5. The van der Waals surface area contributed by atoms with Crippen LogP contribution in [0.15, 0.2) is 53.6 Å². The highest BCUT2D eigenvalue weighted by Crippen LogP contribution is 2.13. The van der Waals surface area contributed by atoms with E-state index in [2.05, 4.69) is 15.0 Å². The number of ether oxygens (including phenoxy) is 1. The molecule has 1 aromatic carbocycles. The number of carbonyl (C=O) groups is 1. The fraction of sp³-hybridized carbons (Fsp3) is 0.333. The maximum atomic E-state index is 12.5. The Morgan fingerprint density at radius 1 is 1.23 bits per heavy atom. The molecule has 0 radical (unpaired) electrons. The van der Waals surface area contributed by atoms with Crippen molar-refractivity contribution in [2.24, 2.45) is 0 Å². The maximum absolute atomic E-state index is 12.5. The number of sulfonamides is 1. The molecule has 0 bridgehead atoms. The van der Waals surface area contributed by atoms with Crippen LogP contribution in [0.5, 0.6) is 0 Å². The van der Waals surface area contributed by atoms with Crippen LogP contribution in [0.4, 0.5) is 0 Å². The average molecular weight is 375 g/mol. The number of benzene rings is 1. The molecule has 1 atom stereocenters. The van der Waals surface area contributed by atoms with Gasteiger partial charge in [0.2, 0.25) is 10.0 Å². The zero-order valence-corrected chi connectivity index (χ0v) is 15.0. The van der Waals surface area contributed by atoms with Crippen molar-refractivity contribution in [1.29, 1.82) is 0 Å². The predicted octanol–water partition coefficient (Wildman–Crippen LogP) is 1.12. The third-order valence-corrected chi connectivity index (χ3v) is 5.53. The van der Waals surface area contributed by atoms with Gasteiger partial charge in [0.05, 0.1) is 17.5 Å². The minimum Gasteiger partial charge on any atom is -0.379 e. The SMILES string of the molecule is O=C(NC1CCOC1)c1cccc(S(=O)(=O)NCCc2ccccn2)c1. The summed E-state index contributed by atoms with van der Waals surface area (Å²) in [5.74, 6) is -0.300. The van der Waals surface area contributed by atoms with Gasteiger partial charge in [-0.15, -0.1) is 0 Å². The monoisotopic (exact) mass is 375 g/mol. The van der Waals surface area contributed by atoms with Gasteiger partial charge in [0.1, 0.15) is 0 Å². The first-order valence-corrected chi connectivity index (χ1v) is 9.91. The number of hydrogen-bond donors (Lipinski definition) is 2. The lowest BCUT2D eigenvalue weighted by atomic mass is 10.2. The van der Waals surface area contributed by atoms with Crippen molar-refractivity contribution >= 4 is 15.9 Å². The fourth-order valence-corrected chi connectivity index (χ4v) is 3.74. The van der Waals surface area contributed by atoms with E-state index >= 15 is 0 Å². The van der Waals surface area contributed by atoms with Gasteiger partial charge in [0.25, 0.3) is 5.91 Å². The van der Waals surface area contributed by atoms with Gasteiger partial charge in [-0.25, -0.2) is 13.1 Å². The van der Waals surface area contributed by atoms with Gasteiger partial charge >= 0.3 is 0 Å². The Morgan fingerprint density at radius 2 is 2.12 bits per heavy atom. The summed E-state index contributed by atoms with van der Waals surface area (Å²) in [6.07, 6.45) is 2.92. The minimum atomic E-state index is -3.70. The van der Waals surface area contributed by atoms with E-state index < -0.39 is 10.0 Å². The van der Waals surface area contributed by atoms with Crippen LogP contribution in [0.2, 0.25) is 0 Å². The lowest BCUT2D eigenvalue weighted by Crippen LogP contribution is -2.35. The first-order valence-electron chi connectivity index (χ1n) is 8.43. The smallest absolute Gasteiger partial charge is 0.251 e. The molecule has 1 aliphatic heterocycles. The molecule has 1 aromatic heterocycles. The molecule has 138 valence electrons. The van der Waals surface area contributed by atoms with E-state index in [4.69, 9.17) is 4.74 Å². The van der Waals surface area contributed by atoms with Crippen LogP contribution < -0.4 is 10.0 Å².